The van der Waals surface area contributed by atoms with Gasteiger partial charge in [0.1, 0.15) is 0 Å². The first-order valence-corrected chi connectivity index (χ1v) is 3.85. The van der Waals surface area contributed by atoms with E-state index in [1.165, 1.54) is 0 Å². The summed E-state index contributed by atoms with van der Waals surface area (Å²) in [6, 6.07) is -0.154. The van der Waals surface area contributed by atoms with Crippen LogP contribution in [0.4, 0.5) is 13.2 Å². The fourth-order valence-corrected chi connectivity index (χ4v) is 0.540. The van der Waals surface area contributed by atoms with Gasteiger partial charge in [-0.1, -0.05) is 6.92 Å². The van der Waals surface area contributed by atoms with Gasteiger partial charge < -0.3 is 10.5 Å². The Morgan fingerprint density at radius 1 is 1.42 bits per heavy atom. The van der Waals surface area contributed by atoms with Crippen molar-refractivity contribution in [3.8, 4) is 0 Å². The molecule has 2 nitrogen and oxygen atoms in total. The minimum absolute atomic E-state index is 0.154. The first-order valence-electron chi connectivity index (χ1n) is 3.85. The van der Waals surface area contributed by atoms with Crippen molar-refractivity contribution < 1.29 is 17.9 Å². The van der Waals surface area contributed by atoms with Crippen LogP contribution in [0.25, 0.3) is 0 Å². The number of hydrogen-bond donors (Lipinski definition) is 1. The third kappa shape index (κ3) is 7.81. The molecular weight excluding hydrogens is 171 g/mol. The van der Waals surface area contributed by atoms with Gasteiger partial charge in [0.15, 0.2) is 0 Å². The Kier molecular flexibility index (Phi) is 5.24. The van der Waals surface area contributed by atoms with Gasteiger partial charge in [0.2, 0.25) is 0 Å². The quantitative estimate of drug-likeness (QED) is 0.661. The van der Waals surface area contributed by atoms with Gasteiger partial charge in [-0.05, 0) is 6.42 Å². The fraction of sp³-hybridized carbons (Fsp3) is 1.00. The molecule has 0 aromatic rings. The molecule has 0 heterocycles. The summed E-state index contributed by atoms with van der Waals surface area (Å²) in [6.07, 6.45) is -4.31. The van der Waals surface area contributed by atoms with E-state index in [0.717, 1.165) is 0 Å². The van der Waals surface area contributed by atoms with Crippen LogP contribution in [0.15, 0.2) is 0 Å². The monoisotopic (exact) mass is 185 g/mol. The molecule has 74 valence electrons. The lowest BCUT2D eigenvalue weighted by molar-refractivity contribution is -0.145. The summed E-state index contributed by atoms with van der Waals surface area (Å²) in [4.78, 5) is 0. The second kappa shape index (κ2) is 5.37. The zero-order valence-corrected chi connectivity index (χ0v) is 7.03. The highest BCUT2D eigenvalue weighted by Gasteiger charge is 2.26. The van der Waals surface area contributed by atoms with Gasteiger partial charge in [-0.2, -0.15) is 13.2 Å². The number of hydrogen-bond acceptors (Lipinski definition) is 2. The van der Waals surface area contributed by atoms with E-state index < -0.39 is 12.6 Å². The summed E-state index contributed by atoms with van der Waals surface area (Å²) >= 11 is 0. The van der Waals surface area contributed by atoms with Crippen molar-refractivity contribution in [1.29, 1.82) is 0 Å². The standard InChI is InChI=1S/C7H14F3NO/c1-2-6(11)5-12-4-3-7(8,9)10/h6H,2-5,11H2,1H3. The van der Waals surface area contributed by atoms with Crippen LogP contribution in [-0.2, 0) is 4.74 Å². The summed E-state index contributed by atoms with van der Waals surface area (Å²) in [5, 5.41) is 0. The maximum atomic E-state index is 11.6. The fourth-order valence-electron chi connectivity index (χ4n) is 0.540. The summed E-state index contributed by atoms with van der Waals surface area (Å²) in [7, 11) is 0. The molecule has 2 N–H and O–H groups in total. The molecule has 0 fully saturated rings. The number of ether oxygens (including phenoxy) is 1. The highest BCUT2D eigenvalue weighted by Crippen LogP contribution is 2.18. The molecule has 0 rings (SSSR count). The smallest absolute Gasteiger partial charge is 0.379 e. The second-order valence-corrected chi connectivity index (χ2v) is 2.61. The molecule has 0 radical (unpaired) electrons. The topological polar surface area (TPSA) is 35.2 Å². The Morgan fingerprint density at radius 2 is 2.00 bits per heavy atom. The van der Waals surface area contributed by atoms with Crippen LogP contribution in [0.5, 0.6) is 0 Å². The Hall–Kier alpha value is -0.290. The van der Waals surface area contributed by atoms with E-state index in [1.807, 2.05) is 6.92 Å². The van der Waals surface area contributed by atoms with Crippen molar-refractivity contribution in [3.05, 3.63) is 0 Å². The molecule has 0 saturated carbocycles. The SMILES string of the molecule is CCC(N)COCCC(F)(F)F. The molecule has 1 atom stereocenters. The Balaban J connectivity index is 3.22. The number of rotatable bonds is 5. The second-order valence-electron chi connectivity index (χ2n) is 2.61. The average molecular weight is 185 g/mol. The molecule has 0 bridgehead atoms. The van der Waals surface area contributed by atoms with Crippen LogP contribution >= 0.6 is 0 Å². The molecule has 1 unspecified atom stereocenters. The highest BCUT2D eigenvalue weighted by atomic mass is 19.4. The first kappa shape index (κ1) is 11.7. The minimum atomic E-state index is -4.13. The third-order valence-corrected chi connectivity index (χ3v) is 1.39. The molecule has 0 spiro atoms. The van der Waals surface area contributed by atoms with Gasteiger partial charge >= 0.3 is 6.18 Å². The summed E-state index contributed by atoms with van der Waals surface area (Å²) in [5.74, 6) is 0. The molecule has 0 aliphatic heterocycles. The summed E-state index contributed by atoms with van der Waals surface area (Å²) in [6.45, 7) is 1.77. The van der Waals surface area contributed by atoms with E-state index >= 15 is 0 Å². The van der Waals surface area contributed by atoms with Gasteiger partial charge in [-0.3, -0.25) is 0 Å². The van der Waals surface area contributed by atoms with Gasteiger partial charge in [0.25, 0.3) is 0 Å². The van der Waals surface area contributed by atoms with Crippen molar-refractivity contribution >= 4 is 0 Å². The van der Waals surface area contributed by atoms with E-state index in [-0.39, 0.29) is 19.3 Å². The molecule has 0 aliphatic carbocycles. The summed E-state index contributed by atoms with van der Waals surface area (Å²) < 4.78 is 39.4. The van der Waals surface area contributed by atoms with E-state index in [2.05, 4.69) is 0 Å². The van der Waals surface area contributed by atoms with E-state index in [9.17, 15) is 13.2 Å². The molecule has 0 aromatic carbocycles. The van der Waals surface area contributed by atoms with Crippen molar-refractivity contribution in [1.82, 2.24) is 0 Å². The van der Waals surface area contributed by atoms with Crippen LogP contribution < -0.4 is 5.73 Å². The maximum Gasteiger partial charge on any atom is 0.391 e. The van der Waals surface area contributed by atoms with Gasteiger partial charge in [-0.15, -0.1) is 0 Å². The van der Waals surface area contributed by atoms with Crippen molar-refractivity contribution in [2.24, 2.45) is 5.73 Å². The average Bonchev–Trinajstić information content (AvgIpc) is 1.96. The van der Waals surface area contributed by atoms with Crippen LogP contribution in [0.1, 0.15) is 19.8 Å². The van der Waals surface area contributed by atoms with Gasteiger partial charge in [-0.25, -0.2) is 0 Å². The van der Waals surface area contributed by atoms with Gasteiger partial charge in [0, 0.05) is 6.04 Å². The van der Waals surface area contributed by atoms with E-state index in [1.54, 1.807) is 0 Å². The highest BCUT2D eigenvalue weighted by molar-refractivity contribution is 4.56. The Bertz CT molecular complexity index is 116. The predicted octanol–water partition coefficient (Wildman–Crippen LogP) is 1.69. The lowest BCUT2D eigenvalue weighted by Crippen LogP contribution is -2.26. The zero-order valence-electron chi connectivity index (χ0n) is 7.03. The minimum Gasteiger partial charge on any atom is -0.379 e. The van der Waals surface area contributed by atoms with E-state index in [4.69, 9.17) is 10.5 Å². The largest absolute Gasteiger partial charge is 0.391 e. The van der Waals surface area contributed by atoms with Crippen molar-refractivity contribution in [2.75, 3.05) is 13.2 Å². The molecule has 0 aliphatic rings. The molecular formula is C7H14F3NO. The van der Waals surface area contributed by atoms with E-state index in [0.29, 0.717) is 6.42 Å². The predicted molar refractivity (Wildman–Crippen MR) is 39.8 cm³/mol. The Morgan fingerprint density at radius 3 is 2.42 bits per heavy atom. The molecule has 0 saturated heterocycles. The molecule has 0 aromatic heterocycles. The van der Waals surface area contributed by atoms with Crippen molar-refractivity contribution in [3.63, 3.8) is 0 Å². The van der Waals surface area contributed by atoms with Crippen LogP contribution in [0.2, 0.25) is 0 Å². The molecule has 0 amide bonds. The molecule has 5 heteroatoms. The first-order chi connectivity index (χ1) is 5.45. The Labute approximate surface area is 69.9 Å². The van der Waals surface area contributed by atoms with Gasteiger partial charge in [0.05, 0.1) is 19.6 Å². The number of halogens is 3. The lowest BCUT2D eigenvalue weighted by atomic mass is 10.3. The lowest BCUT2D eigenvalue weighted by Gasteiger charge is -2.10. The number of alkyl halides is 3. The normalized spacial score (nSPS) is 14.8. The van der Waals surface area contributed by atoms with Crippen LogP contribution in [0, 0.1) is 0 Å². The van der Waals surface area contributed by atoms with Crippen LogP contribution in [-0.4, -0.2) is 25.4 Å². The summed E-state index contributed by atoms with van der Waals surface area (Å²) in [5.41, 5.74) is 5.42. The zero-order chi connectivity index (χ0) is 9.61. The van der Waals surface area contributed by atoms with Crippen LogP contribution in [0.3, 0.4) is 0 Å². The van der Waals surface area contributed by atoms with Crippen molar-refractivity contribution in [2.45, 2.75) is 32.0 Å². The third-order valence-electron chi connectivity index (χ3n) is 1.39. The maximum absolute atomic E-state index is 11.6. The number of nitrogens with two attached hydrogens (primary N) is 1. The molecule has 12 heavy (non-hydrogen) atoms.